The Bertz CT molecular complexity index is 366. The summed E-state index contributed by atoms with van der Waals surface area (Å²) in [5.41, 5.74) is 0.354. The second-order valence-corrected chi connectivity index (χ2v) is 4.31. The minimum atomic E-state index is -0.601. The molecule has 2 nitrogen and oxygen atoms in total. The number of rotatable bonds is 3. The van der Waals surface area contributed by atoms with E-state index in [0.717, 1.165) is 18.5 Å². The molecule has 1 aliphatic rings. The van der Waals surface area contributed by atoms with Gasteiger partial charge in [0.05, 0.1) is 5.60 Å². The Kier molecular flexibility index (Phi) is 3.36. The quantitative estimate of drug-likeness (QED) is 0.817. The molecule has 1 unspecified atom stereocenters. The van der Waals surface area contributed by atoms with Crippen LogP contribution in [0.3, 0.4) is 0 Å². The van der Waals surface area contributed by atoms with Crippen LogP contribution in [0, 0.1) is 5.82 Å². The molecule has 0 bridgehead atoms. The molecule has 0 spiro atoms. The second-order valence-electron chi connectivity index (χ2n) is 4.31. The molecule has 16 heavy (non-hydrogen) atoms. The van der Waals surface area contributed by atoms with Crippen molar-refractivity contribution in [1.29, 1.82) is 0 Å². The lowest BCUT2D eigenvalue weighted by Gasteiger charge is -2.18. The van der Waals surface area contributed by atoms with Crippen molar-refractivity contribution in [3.63, 3.8) is 0 Å². The zero-order valence-corrected chi connectivity index (χ0v) is 9.12. The highest BCUT2D eigenvalue weighted by molar-refractivity contribution is 5.48. The van der Waals surface area contributed by atoms with E-state index in [4.69, 9.17) is 0 Å². The summed E-state index contributed by atoms with van der Waals surface area (Å²) in [6.45, 7) is 1.53. The van der Waals surface area contributed by atoms with Crippen molar-refractivity contribution in [2.45, 2.75) is 18.4 Å². The maximum atomic E-state index is 12.6. The summed E-state index contributed by atoms with van der Waals surface area (Å²) in [6, 6.07) is 6.32. The lowest BCUT2D eigenvalue weighted by Crippen LogP contribution is -2.30. The Hall–Kier alpha value is -1.19. The number of aliphatic hydroxyl groups is 1. The van der Waals surface area contributed by atoms with Crippen molar-refractivity contribution in [2.75, 3.05) is 13.1 Å². The van der Waals surface area contributed by atoms with Gasteiger partial charge in [-0.2, -0.15) is 0 Å². The summed E-state index contributed by atoms with van der Waals surface area (Å²) in [5.74, 6) is -0.226. The van der Waals surface area contributed by atoms with Crippen molar-refractivity contribution in [3.8, 4) is 0 Å². The summed E-state index contributed by atoms with van der Waals surface area (Å²) >= 11 is 0. The first-order valence-corrected chi connectivity index (χ1v) is 5.53. The summed E-state index contributed by atoms with van der Waals surface area (Å²) < 4.78 is 12.6. The van der Waals surface area contributed by atoms with Crippen molar-refractivity contribution >= 4 is 6.08 Å². The number of hydrogen-bond acceptors (Lipinski definition) is 2. The molecule has 0 radical (unpaired) electrons. The SMILES string of the molecule is OC1(C/C=C/c2ccc(F)cc2)CCNC1. The van der Waals surface area contributed by atoms with E-state index in [9.17, 15) is 9.50 Å². The summed E-state index contributed by atoms with van der Waals surface area (Å²) in [4.78, 5) is 0. The Labute approximate surface area is 94.8 Å². The van der Waals surface area contributed by atoms with Crippen LogP contribution in [0.1, 0.15) is 18.4 Å². The number of benzene rings is 1. The normalized spacial score (nSPS) is 25.4. The van der Waals surface area contributed by atoms with E-state index < -0.39 is 5.60 Å². The molecule has 0 aromatic heterocycles. The van der Waals surface area contributed by atoms with Gasteiger partial charge in [0.25, 0.3) is 0 Å². The first-order chi connectivity index (χ1) is 7.68. The highest BCUT2D eigenvalue weighted by atomic mass is 19.1. The molecular weight excluding hydrogens is 205 g/mol. The average Bonchev–Trinajstić information content (AvgIpc) is 2.69. The van der Waals surface area contributed by atoms with Gasteiger partial charge < -0.3 is 10.4 Å². The van der Waals surface area contributed by atoms with Crippen LogP contribution in [0.5, 0.6) is 0 Å². The predicted octanol–water partition coefficient (Wildman–Crippen LogP) is 1.95. The Morgan fingerprint density at radius 3 is 2.75 bits per heavy atom. The number of hydrogen-bond donors (Lipinski definition) is 2. The maximum Gasteiger partial charge on any atom is 0.123 e. The molecule has 1 atom stereocenters. The van der Waals surface area contributed by atoms with E-state index in [1.807, 2.05) is 12.2 Å². The van der Waals surface area contributed by atoms with Gasteiger partial charge in [-0.1, -0.05) is 24.3 Å². The molecule has 1 fully saturated rings. The van der Waals surface area contributed by atoms with Gasteiger partial charge in [-0.05, 0) is 37.1 Å². The molecule has 1 heterocycles. The van der Waals surface area contributed by atoms with Gasteiger partial charge in [0.2, 0.25) is 0 Å². The first kappa shape index (κ1) is 11.3. The van der Waals surface area contributed by atoms with Crippen molar-refractivity contribution in [2.24, 2.45) is 0 Å². The zero-order valence-electron chi connectivity index (χ0n) is 9.12. The minimum absolute atomic E-state index is 0.226. The highest BCUT2D eigenvalue weighted by Gasteiger charge is 2.29. The van der Waals surface area contributed by atoms with E-state index in [0.29, 0.717) is 13.0 Å². The molecule has 0 amide bonds. The van der Waals surface area contributed by atoms with E-state index in [-0.39, 0.29) is 5.82 Å². The largest absolute Gasteiger partial charge is 0.388 e. The Morgan fingerprint density at radius 1 is 1.38 bits per heavy atom. The third-order valence-electron chi connectivity index (χ3n) is 2.90. The predicted molar refractivity (Wildman–Crippen MR) is 62.5 cm³/mol. The fourth-order valence-corrected chi connectivity index (χ4v) is 1.89. The van der Waals surface area contributed by atoms with Gasteiger partial charge in [0.15, 0.2) is 0 Å². The summed E-state index contributed by atoms with van der Waals surface area (Å²) in [6.07, 6.45) is 5.29. The number of β-amino-alcohol motifs (C(OH)–C–C–N with tert-alkyl or cyclic N) is 1. The Balaban J connectivity index is 1.92. The van der Waals surface area contributed by atoms with E-state index >= 15 is 0 Å². The van der Waals surface area contributed by atoms with E-state index in [1.54, 1.807) is 12.1 Å². The van der Waals surface area contributed by atoms with Crippen LogP contribution in [0.2, 0.25) is 0 Å². The monoisotopic (exact) mass is 221 g/mol. The summed E-state index contributed by atoms with van der Waals surface area (Å²) in [5, 5.41) is 13.2. The standard InChI is InChI=1S/C13H16FNO/c14-12-5-3-11(4-6-12)2-1-7-13(16)8-9-15-10-13/h1-6,15-16H,7-10H2/b2-1+. The lowest BCUT2D eigenvalue weighted by atomic mass is 9.98. The van der Waals surface area contributed by atoms with Crippen molar-refractivity contribution in [1.82, 2.24) is 5.32 Å². The smallest absolute Gasteiger partial charge is 0.123 e. The van der Waals surface area contributed by atoms with Gasteiger partial charge in [-0.3, -0.25) is 0 Å². The van der Waals surface area contributed by atoms with Crippen LogP contribution in [-0.2, 0) is 0 Å². The molecule has 2 rings (SSSR count). The van der Waals surface area contributed by atoms with E-state index in [1.165, 1.54) is 12.1 Å². The molecule has 2 N–H and O–H groups in total. The first-order valence-electron chi connectivity index (χ1n) is 5.53. The number of nitrogens with one attached hydrogen (secondary N) is 1. The maximum absolute atomic E-state index is 12.6. The van der Waals surface area contributed by atoms with Gasteiger partial charge in [0.1, 0.15) is 5.82 Å². The molecule has 1 aliphatic heterocycles. The van der Waals surface area contributed by atoms with Gasteiger partial charge >= 0.3 is 0 Å². The van der Waals surface area contributed by atoms with Crippen LogP contribution in [0.4, 0.5) is 4.39 Å². The molecule has 0 saturated carbocycles. The van der Waals surface area contributed by atoms with Crippen LogP contribution >= 0.6 is 0 Å². The molecule has 1 aromatic rings. The molecule has 0 aliphatic carbocycles. The summed E-state index contributed by atoms with van der Waals surface area (Å²) in [7, 11) is 0. The topological polar surface area (TPSA) is 32.3 Å². The van der Waals surface area contributed by atoms with Gasteiger partial charge in [-0.15, -0.1) is 0 Å². The van der Waals surface area contributed by atoms with E-state index in [2.05, 4.69) is 5.32 Å². The lowest BCUT2D eigenvalue weighted by molar-refractivity contribution is 0.0649. The number of halogens is 1. The van der Waals surface area contributed by atoms with Gasteiger partial charge in [0, 0.05) is 6.54 Å². The van der Waals surface area contributed by atoms with Gasteiger partial charge in [-0.25, -0.2) is 4.39 Å². The fourth-order valence-electron chi connectivity index (χ4n) is 1.89. The molecule has 1 aromatic carbocycles. The third-order valence-corrected chi connectivity index (χ3v) is 2.90. The third kappa shape index (κ3) is 2.90. The van der Waals surface area contributed by atoms with Crippen molar-refractivity contribution in [3.05, 3.63) is 41.7 Å². The second kappa shape index (κ2) is 4.76. The minimum Gasteiger partial charge on any atom is -0.388 e. The molecule has 3 heteroatoms. The zero-order chi connectivity index (χ0) is 11.4. The van der Waals surface area contributed by atoms with Crippen LogP contribution in [0.25, 0.3) is 6.08 Å². The van der Waals surface area contributed by atoms with Crippen LogP contribution < -0.4 is 5.32 Å². The molecule has 86 valence electrons. The Morgan fingerprint density at radius 2 is 2.12 bits per heavy atom. The molecular formula is C13H16FNO. The van der Waals surface area contributed by atoms with Crippen LogP contribution in [0.15, 0.2) is 30.3 Å². The average molecular weight is 221 g/mol. The van der Waals surface area contributed by atoms with Crippen molar-refractivity contribution < 1.29 is 9.50 Å². The fraction of sp³-hybridized carbons (Fsp3) is 0.385. The molecule has 1 saturated heterocycles. The van der Waals surface area contributed by atoms with Crippen LogP contribution in [-0.4, -0.2) is 23.8 Å². The highest BCUT2D eigenvalue weighted by Crippen LogP contribution is 2.19.